The maximum atomic E-state index is 10.4. The Bertz CT molecular complexity index is 172. The van der Waals surface area contributed by atoms with Crippen LogP contribution >= 0.6 is 0 Å². The van der Waals surface area contributed by atoms with Crippen LogP contribution in [0.3, 0.4) is 0 Å². The third-order valence-electron chi connectivity index (χ3n) is 1.84. The normalized spacial score (nSPS) is 15.5. The van der Waals surface area contributed by atoms with Gasteiger partial charge in [0.25, 0.3) is 0 Å². The number of hydrogen-bond donors (Lipinski definition) is 3. The number of aliphatic hydroxyl groups is 1. The van der Waals surface area contributed by atoms with Gasteiger partial charge in [-0.15, -0.1) is 0 Å². The minimum atomic E-state index is -1.01. The zero-order valence-corrected chi connectivity index (χ0v) is 8.86. The number of aliphatic carboxylic acids is 1. The molecule has 0 aromatic carbocycles. The van der Waals surface area contributed by atoms with Gasteiger partial charge in [0.2, 0.25) is 0 Å². The molecule has 0 aromatic heterocycles. The molecule has 0 fully saturated rings. The summed E-state index contributed by atoms with van der Waals surface area (Å²) in [4.78, 5) is 15.1. The highest BCUT2D eigenvalue weighted by Gasteiger charge is 2.22. The van der Waals surface area contributed by atoms with E-state index in [-0.39, 0.29) is 12.5 Å². The molecule has 5 heteroatoms. The average molecular weight is 205 g/mol. The van der Waals surface area contributed by atoms with Crippen LogP contribution in [0.2, 0.25) is 0 Å². The van der Waals surface area contributed by atoms with Crippen molar-refractivity contribution in [3.8, 4) is 0 Å². The Balaban J connectivity index is 4.09. The Morgan fingerprint density at radius 1 is 1.50 bits per heavy atom. The first kappa shape index (κ1) is 13.4. The van der Waals surface area contributed by atoms with Crippen LogP contribution in [0.4, 0.5) is 0 Å². The molecule has 3 N–H and O–H groups in total. The van der Waals surface area contributed by atoms with Crippen molar-refractivity contribution in [1.29, 1.82) is 0 Å². The molecule has 0 saturated carbocycles. The van der Waals surface area contributed by atoms with Crippen molar-refractivity contribution in [2.24, 2.45) is 5.92 Å². The molecule has 2 atom stereocenters. The number of nitrogens with one attached hydrogen (secondary N) is 1. The van der Waals surface area contributed by atoms with Crippen molar-refractivity contribution in [1.82, 2.24) is 5.48 Å². The van der Waals surface area contributed by atoms with Crippen molar-refractivity contribution in [3.05, 3.63) is 0 Å². The van der Waals surface area contributed by atoms with E-state index in [0.717, 1.165) is 0 Å². The summed E-state index contributed by atoms with van der Waals surface area (Å²) >= 11 is 0. The number of hydrogen-bond acceptors (Lipinski definition) is 4. The smallest absolute Gasteiger partial charge is 0.306 e. The predicted molar refractivity (Wildman–Crippen MR) is 51.6 cm³/mol. The van der Waals surface area contributed by atoms with Crippen molar-refractivity contribution in [2.45, 2.75) is 38.8 Å². The highest BCUT2D eigenvalue weighted by Crippen LogP contribution is 2.10. The first-order valence-corrected chi connectivity index (χ1v) is 4.65. The molecule has 0 bridgehead atoms. The fraction of sp³-hybridized carbons (Fsp3) is 0.889. The standard InChI is InChI=1S/C9H19NO4/c1-6(2)4-7(10-14-3)8(11)5-9(12)13/h6-8,10-11H,4-5H2,1-3H3,(H,12,13)/t7-,8-/m0/s1. The Hall–Kier alpha value is -0.650. The number of hydroxylamine groups is 1. The number of carboxylic acids is 1. The predicted octanol–water partition coefficient (Wildman–Crippen LogP) is 0.388. The summed E-state index contributed by atoms with van der Waals surface area (Å²) in [6.45, 7) is 4.00. The van der Waals surface area contributed by atoms with Gasteiger partial charge in [-0.25, -0.2) is 0 Å². The summed E-state index contributed by atoms with van der Waals surface area (Å²) < 4.78 is 0. The highest BCUT2D eigenvalue weighted by atomic mass is 16.6. The minimum absolute atomic E-state index is 0.270. The van der Waals surface area contributed by atoms with Crippen LogP contribution in [-0.4, -0.2) is 35.4 Å². The van der Waals surface area contributed by atoms with Gasteiger partial charge in [-0.1, -0.05) is 13.8 Å². The number of carboxylic acid groups (broad SMARTS) is 1. The lowest BCUT2D eigenvalue weighted by Crippen LogP contribution is -2.41. The van der Waals surface area contributed by atoms with E-state index in [2.05, 4.69) is 5.48 Å². The summed E-state index contributed by atoms with van der Waals surface area (Å²) in [5, 5.41) is 18.0. The molecule has 0 aromatic rings. The monoisotopic (exact) mass is 205 g/mol. The molecule has 0 heterocycles. The number of aliphatic hydroxyl groups excluding tert-OH is 1. The van der Waals surface area contributed by atoms with Crippen LogP contribution < -0.4 is 5.48 Å². The molecule has 0 aliphatic rings. The van der Waals surface area contributed by atoms with Crippen LogP contribution in [-0.2, 0) is 9.63 Å². The van der Waals surface area contributed by atoms with E-state index in [1.165, 1.54) is 7.11 Å². The molecule has 14 heavy (non-hydrogen) atoms. The van der Waals surface area contributed by atoms with E-state index in [1.54, 1.807) is 0 Å². The third kappa shape index (κ3) is 5.90. The van der Waals surface area contributed by atoms with Gasteiger partial charge < -0.3 is 15.1 Å². The quantitative estimate of drug-likeness (QED) is 0.524. The van der Waals surface area contributed by atoms with Gasteiger partial charge in [0.05, 0.1) is 25.7 Å². The largest absolute Gasteiger partial charge is 0.481 e. The number of rotatable bonds is 7. The molecule has 0 radical (unpaired) electrons. The zero-order chi connectivity index (χ0) is 11.1. The molecule has 84 valence electrons. The molecular weight excluding hydrogens is 186 g/mol. The summed E-state index contributed by atoms with van der Waals surface area (Å²) in [5.74, 6) is -0.643. The van der Waals surface area contributed by atoms with Crippen LogP contribution in [0, 0.1) is 5.92 Å². The van der Waals surface area contributed by atoms with Crippen LogP contribution in [0.15, 0.2) is 0 Å². The summed E-state index contributed by atoms with van der Waals surface area (Å²) in [7, 11) is 1.45. The van der Waals surface area contributed by atoms with Crippen molar-refractivity contribution in [2.75, 3.05) is 7.11 Å². The highest BCUT2D eigenvalue weighted by molar-refractivity contribution is 5.67. The fourth-order valence-electron chi connectivity index (χ4n) is 1.26. The second-order valence-corrected chi connectivity index (χ2v) is 3.72. The maximum absolute atomic E-state index is 10.4. The van der Waals surface area contributed by atoms with Gasteiger partial charge >= 0.3 is 5.97 Å². The average Bonchev–Trinajstić information content (AvgIpc) is 2.01. The SMILES string of the molecule is CON[C@@H](CC(C)C)[C@@H](O)CC(=O)O. The van der Waals surface area contributed by atoms with E-state index in [0.29, 0.717) is 12.3 Å². The second-order valence-electron chi connectivity index (χ2n) is 3.72. The van der Waals surface area contributed by atoms with Crippen LogP contribution in [0.1, 0.15) is 26.7 Å². The molecule has 5 nitrogen and oxygen atoms in total. The van der Waals surface area contributed by atoms with E-state index < -0.39 is 12.1 Å². The van der Waals surface area contributed by atoms with E-state index in [1.807, 2.05) is 13.8 Å². The van der Waals surface area contributed by atoms with Crippen molar-refractivity contribution in [3.63, 3.8) is 0 Å². The molecule has 0 amide bonds. The van der Waals surface area contributed by atoms with Gasteiger partial charge in [0.15, 0.2) is 0 Å². The van der Waals surface area contributed by atoms with E-state index >= 15 is 0 Å². The molecule has 0 aliphatic carbocycles. The van der Waals surface area contributed by atoms with Gasteiger partial charge in [-0.3, -0.25) is 4.79 Å². The number of carbonyl (C=O) groups is 1. The zero-order valence-electron chi connectivity index (χ0n) is 8.86. The summed E-state index contributed by atoms with van der Waals surface area (Å²) in [6.07, 6.45) is -0.523. The van der Waals surface area contributed by atoms with E-state index in [9.17, 15) is 9.90 Å². The topological polar surface area (TPSA) is 78.8 Å². The Kier molecular flexibility index (Phi) is 6.44. The summed E-state index contributed by atoms with van der Waals surface area (Å²) in [5.41, 5.74) is 2.61. The molecule has 0 aliphatic heterocycles. The van der Waals surface area contributed by atoms with Crippen molar-refractivity contribution < 1.29 is 19.8 Å². The minimum Gasteiger partial charge on any atom is -0.481 e. The second kappa shape index (κ2) is 6.75. The fourth-order valence-corrected chi connectivity index (χ4v) is 1.26. The van der Waals surface area contributed by atoms with Crippen LogP contribution in [0.25, 0.3) is 0 Å². The van der Waals surface area contributed by atoms with Gasteiger partial charge in [0.1, 0.15) is 0 Å². The molecule has 0 spiro atoms. The van der Waals surface area contributed by atoms with E-state index in [4.69, 9.17) is 9.94 Å². The Morgan fingerprint density at radius 2 is 2.07 bits per heavy atom. The van der Waals surface area contributed by atoms with Crippen molar-refractivity contribution >= 4 is 5.97 Å². The lowest BCUT2D eigenvalue weighted by atomic mass is 9.98. The Morgan fingerprint density at radius 3 is 2.43 bits per heavy atom. The lowest BCUT2D eigenvalue weighted by Gasteiger charge is -2.23. The maximum Gasteiger partial charge on any atom is 0.306 e. The molecular formula is C9H19NO4. The first-order chi connectivity index (χ1) is 6.47. The molecule has 0 saturated heterocycles. The first-order valence-electron chi connectivity index (χ1n) is 4.65. The van der Waals surface area contributed by atoms with Gasteiger partial charge in [-0.2, -0.15) is 5.48 Å². The lowest BCUT2D eigenvalue weighted by molar-refractivity contribution is -0.140. The van der Waals surface area contributed by atoms with Crippen LogP contribution in [0.5, 0.6) is 0 Å². The third-order valence-corrected chi connectivity index (χ3v) is 1.84. The van der Waals surface area contributed by atoms with Gasteiger partial charge in [-0.05, 0) is 12.3 Å². The molecule has 0 rings (SSSR count). The van der Waals surface area contributed by atoms with Gasteiger partial charge in [0, 0.05) is 0 Å². The molecule has 0 unspecified atom stereocenters. The summed E-state index contributed by atoms with van der Waals surface area (Å²) in [6, 6.07) is -0.337. The Labute approximate surface area is 84.0 Å².